The predicted octanol–water partition coefficient (Wildman–Crippen LogP) is 5.48. The minimum Gasteiger partial charge on any atom is -0.362 e. The fourth-order valence-corrected chi connectivity index (χ4v) is 3.77. The zero-order valence-electron chi connectivity index (χ0n) is 18.6. The standard InChI is InChI=1S/C24H28ClFN4O/c1-6-16(2)29(24(31)20-12-7-8-13-22(20)26)15-21-17(3)27-30(23(21)28(4)5)19-11-9-10-18(25)14-19/h7-14,16H,6,15H2,1-5H3/t16-/m1/s1. The lowest BCUT2D eigenvalue weighted by atomic mass is 10.1. The molecule has 0 N–H and O–H groups in total. The number of aromatic nitrogens is 2. The summed E-state index contributed by atoms with van der Waals surface area (Å²) in [6, 6.07) is 13.5. The third kappa shape index (κ3) is 4.74. The largest absolute Gasteiger partial charge is 0.362 e. The first-order valence-electron chi connectivity index (χ1n) is 10.3. The van der Waals surface area contributed by atoms with Crippen LogP contribution in [0.2, 0.25) is 5.02 Å². The predicted molar refractivity (Wildman–Crippen MR) is 124 cm³/mol. The molecule has 1 heterocycles. The molecule has 0 unspecified atom stereocenters. The first-order valence-corrected chi connectivity index (χ1v) is 10.7. The van der Waals surface area contributed by atoms with E-state index in [4.69, 9.17) is 16.7 Å². The van der Waals surface area contributed by atoms with Crippen molar-refractivity contribution in [3.63, 3.8) is 0 Å². The Kier molecular flexibility index (Phi) is 7.01. The molecule has 0 aliphatic heterocycles. The van der Waals surface area contributed by atoms with Crippen LogP contribution in [0.4, 0.5) is 10.2 Å². The van der Waals surface area contributed by atoms with E-state index in [0.717, 1.165) is 29.2 Å². The van der Waals surface area contributed by atoms with Gasteiger partial charge in [0.15, 0.2) is 0 Å². The summed E-state index contributed by atoms with van der Waals surface area (Å²) in [4.78, 5) is 17.0. The normalized spacial score (nSPS) is 12.0. The van der Waals surface area contributed by atoms with Crippen molar-refractivity contribution in [2.75, 3.05) is 19.0 Å². The Balaban J connectivity index is 2.08. The summed E-state index contributed by atoms with van der Waals surface area (Å²) < 4.78 is 16.2. The third-order valence-corrected chi connectivity index (χ3v) is 5.69. The number of rotatable bonds is 7. The van der Waals surface area contributed by atoms with E-state index in [9.17, 15) is 9.18 Å². The van der Waals surface area contributed by atoms with Gasteiger partial charge in [0.05, 0.1) is 23.5 Å². The van der Waals surface area contributed by atoms with Gasteiger partial charge in [-0.25, -0.2) is 9.07 Å². The van der Waals surface area contributed by atoms with Crippen molar-refractivity contribution in [2.24, 2.45) is 0 Å². The van der Waals surface area contributed by atoms with Crippen LogP contribution >= 0.6 is 11.6 Å². The molecule has 1 amide bonds. The molecule has 3 aromatic rings. The van der Waals surface area contributed by atoms with Crippen LogP contribution in [0.1, 0.15) is 41.9 Å². The topological polar surface area (TPSA) is 41.4 Å². The van der Waals surface area contributed by atoms with Gasteiger partial charge in [0.1, 0.15) is 11.6 Å². The van der Waals surface area contributed by atoms with Crippen molar-refractivity contribution in [3.8, 4) is 5.69 Å². The van der Waals surface area contributed by atoms with Crippen LogP contribution in [0.25, 0.3) is 5.69 Å². The van der Waals surface area contributed by atoms with Gasteiger partial charge in [-0.2, -0.15) is 5.10 Å². The van der Waals surface area contributed by atoms with Crippen molar-refractivity contribution >= 4 is 23.3 Å². The zero-order valence-corrected chi connectivity index (χ0v) is 19.3. The van der Waals surface area contributed by atoms with Crippen LogP contribution in [0.5, 0.6) is 0 Å². The number of hydrogen-bond donors (Lipinski definition) is 0. The van der Waals surface area contributed by atoms with Gasteiger partial charge in [0.2, 0.25) is 0 Å². The van der Waals surface area contributed by atoms with Gasteiger partial charge in [-0.3, -0.25) is 4.79 Å². The van der Waals surface area contributed by atoms with Crippen LogP contribution < -0.4 is 4.90 Å². The molecule has 0 bridgehead atoms. The Morgan fingerprint density at radius 2 is 1.90 bits per heavy atom. The maximum Gasteiger partial charge on any atom is 0.257 e. The Hall–Kier alpha value is -2.86. The first kappa shape index (κ1) is 22.8. The SMILES string of the molecule is CC[C@@H](C)N(Cc1c(C)nn(-c2cccc(Cl)c2)c1N(C)C)C(=O)c1ccccc1F. The Morgan fingerprint density at radius 1 is 1.19 bits per heavy atom. The Bertz CT molecular complexity index is 1080. The molecule has 1 aromatic heterocycles. The monoisotopic (exact) mass is 442 g/mol. The van der Waals surface area contributed by atoms with E-state index in [1.807, 2.05) is 68.7 Å². The number of benzene rings is 2. The molecule has 0 saturated carbocycles. The molecular weight excluding hydrogens is 415 g/mol. The van der Waals surface area contributed by atoms with E-state index in [-0.39, 0.29) is 17.5 Å². The molecular formula is C24H28ClFN4O. The number of aryl methyl sites for hydroxylation is 1. The van der Waals surface area contributed by atoms with Crippen LogP contribution in [-0.4, -0.2) is 40.7 Å². The van der Waals surface area contributed by atoms with Crippen LogP contribution in [0, 0.1) is 12.7 Å². The number of hydrogen-bond acceptors (Lipinski definition) is 3. The summed E-state index contributed by atoms with van der Waals surface area (Å²) in [7, 11) is 3.88. The van der Waals surface area contributed by atoms with E-state index in [0.29, 0.717) is 11.6 Å². The molecule has 0 spiro atoms. The molecule has 31 heavy (non-hydrogen) atoms. The lowest BCUT2D eigenvalue weighted by molar-refractivity contribution is 0.0667. The molecule has 0 saturated heterocycles. The number of halogens is 2. The van der Waals surface area contributed by atoms with Gasteiger partial charge in [-0.05, 0) is 50.6 Å². The highest BCUT2D eigenvalue weighted by Crippen LogP contribution is 2.29. The van der Waals surface area contributed by atoms with Gasteiger partial charge >= 0.3 is 0 Å². The molecule has 2 aromatic carbocycles. The smallest absolute Gasteiger partial charge is 0.257 e. The van der Waals surface area contributed by atoms with E-state index in [2.05, 4.69) is 0 Å². The van der Waals surface area contributed by atoms with Gasteiger partial charge in [0.25, 0.3) is 5.91 Å². The maximum absolute atomic E-state index is 14.4. The highest BCUT2D eigenvalue weighted by molar-refractivity contribution is 6.30. The molecule has 0 aliphatic carbocycles. The summed E-state index contributed by atoms with van der Waals surface area (Å²) >= 11 is 6.20. The van der Waals surface area contributed by atoms with Crippen molar-refractivity contribution < 1.29 is 9.18 Å². The molecule has 3 rings (SSSR count). The van der Waals surface area contributed by atoms with E-state index >= 15 is 0 Å². The van der Waals surface area contributed by atoms with Gasteiger partial charge in [0, 0.05) is 30.7 Å². The summed E-state index contributed by atoms with van der Waals surface area (Å²) in [6.07, 6.45) is 0.749. The van der Waals surface area contributed by atoms with Gasteiger partial charge in [-0.1, -0.05) is 36.7 Å². The summed E-state index contributed by atoms with van der Waals surface area (Å²) in [5.74, 6) is 0.0152. The Labute approximate surface area is 188 Å². The number of carbonyl (C=O) groups excluding carboxylic acids is 1. The average molecular weight is 443 g/mol. The molecule has 7 heteroatoms. The maximum atomic E-state index is 14.4. The van der Waals surface area contributed by atoms with Crippen LogP contribution in [0.3, 0.4) is 0 Å². The van der Waals surface area contributed by atoms with E-state index in [1.165, 1.54) is 12.1 Å². The molecule has 0 radical (unpaired) electrons. The average Bonchev–Trinajstić information content (AvgIpc) is 3.07. The van der Waals surface area contributed by atoms with Crippen molar-refractivity contribution in [1.29, 1.82) is 0 Å². The second kappa shape index (κ2) is 9.52. The third-order valence-electron chi connectivity index (χ3n) is 5.45. The molecule has 0 aliphatic rings. The first-order chi connectivity index (χ1) is 14.7. The number of nitrogens with zero attached hydrogens (tertiary/aromatic N) is 4. The quantitative estimate of drug-likeness (QED) is 0.486. The second-order valence-corrected chi connectivity index (χ2v) is 8.28. The number of carbonyl (C=O) groups is 1. The Morgan fingerprint density at radius 3 is 2.52 bits per heavy atom. The fraction of sp³-hybridized carbons (Fsp3) is 0.333. The van der Waals surface area contributed by atoms with Crippen molar-refractivity contribution in [2.45, 2.75) is 39.8 Å². The fourth-order valence-electron chi connectivity index (χ4n) is 3.59. The van der Waals surface area contributed by atoms with Crippen LogP contribution in [0.15, 0.2) is 48.5 Å². The second-order valence-electron chi connectivity index (χ2n) is 7.84. The minimum absolute atomic E-state index is 0.0731. The summed E-state index contributed by atoms with van der Waals surface area (Å²) in [6.45, 7) is 6.24. The van der Waals surface area contributed by atoms with Crippen LogP contribution in [-0.2, 0) is 6.54 Å². The molecule has 0 fully saturated rings. The number of amides is 1. The van der Waals surface area contributed by atoms with Crippen molar-refractivity contribution in [3.05, 3.63) is 76.2 Å². The number of anilines is 1. The molecule has 5 nitrogen and oxygen atoms in total. The summed E-state index contributed by atoms with van der Waals surface area (Å²) in [5.41, 5.74) is 2.63. The van der Waals surface area contributed by atoms with Gasteiger partial charge in [-0.15, -0.1) is 0 Å². The van der Waals surface area contributed by atoms with E-state index in [1.54, 1.807) is 17.0 Å². The van der Waals surface area contributed by atoms with Gasteiger partial charge < -0.3 is 9.80 Å². The van der Waals surface area contributed by atoms with E-state index < -0.39 is 5.82 Å². The lowest BCUT2D eigenvalue weighted by Gasteiger charge is -2.30. The highest BCUT2D eigenvalue weighted by atomic mass is 35.5. The molecule has 1 atom stereocenters. The summed E-state index contributed by atoms with van der Waals surface area (Å²) in [5, 5.41) is 5.35. The minimum atomic E-state index is -0.514. The van der Waals surface area contributed by atoms with Crippen molar-refractivity contribution in [1.82, 2.24) is 14.7 Å². The zero-order chi connectivity index (χ0) is 22.7. The molecule has 164 valence electrons. The lowest BCUT2D eigenvalue weighted by Crippen LogP contribution is -2.38. The highest BCUT2D eigenvalue weighted by Gasteiger charge is 2.27.